The molecule has 0 saturated carbocycles. The minimum absolute atomic E-state index is 0.00767. The zero-order valence-electron chi connectivity index (χ0n) is 18.9. The predicted molar refractivity (Wildman–Crippen MR) is 125 cm³/mol. The average molecular weight is 493 g/mol. The summed E-state index contributed by atoms with van der Waals surface area (Å²) in [6.45, 7) is 2.86. The molecule has 2 amide bonds. The molecule has 2 aliphatic heterocycles. The molecule has 2 saturated heterocycles. The number of rotatable bonds is 7. The lowest BCUT2D eigenvalue weighted by Gasteiger charge is -2.24. The van der Waals surface area contributed by atoms with E-state index >= 15 is 4.39 Å². The number of nitrogens with zero attached hydrogens (tertiary/aromatic N) is 3. The van der Waals surface area contributed by atoms with Crippen LogP contribution in [0.5, 0.6) is 0 Å². The Morgan fingerprint density at radius 3 is 2.77 bits per heavy atom. The highest BCUT2D eigenvalue weighted by Crippen LogP contribution is 2.28. The van der Waals surface area contributed by atoms with Gasteiger partial charge in [0.05, 0.1) is 24.5 Å². The van der Waals surface area contributed by atoms with Crippen LogP contribution in [0.25, 0.3) is 0 Å². The van der Waals surface area contributed by atoms with Crippen molar-refractivity contribution in [2.24, 2.45) is 0 Å². The molecule has 0 radical (unpaired) electrons. The normalized spacial score (nSPS) is 19.1. The fourth-order valence-electron chi connectivity index (χ4n) is 4.11. The molecule has 12 heteroatoms. The van der Waals surface area contributed by atoms with Gasteiger partial charge in [-0.1, -0.05) is 12.1 Å². The molecule has 2 aromatic carbocycles. The van der Waals surface area contributed by atoms with Gasteiger partial charge in [-0.15, -0.1) is 0 Å². The van der Waals surface area contributed by atoms with Gasteiger partial charge in [0.2, 0.25) is 0 Å². The van der Waals surface area contributed by atoms with Gasteiger partial charge >= 0.3 is 12.5 Å². The van der Waals surface area contributed by atoms with Gasteiger partial charge < -0.3 is 20.7 Å². The van der Waals surface area contributed by atoms with Crippen molar-refractivity contribution < 1.29 is 27.5 Å². The first kappa shape index (κ1) is 24.6. The molecule has 1 atom stereocenters. The lowest BCUT2D eigenvalue weighted by molar-refractivity contribution is -0.132. The first-order valence-corrected chi connectivity index (χ1v) is 11.2. The number of hydrogen-bond acceptors (Lipinski definition) is 7. The van der Waals surface area contributed by atoms with Gasteiger partial charge in [-0.2, -0.15) is 8.78 Å². The van der Waals surface area contributed by atoms with Crippen molar-refractivity contribution in [1.29, 1.82) is 0 Å². The molecule has 0 aromatic heterocycles. The number of benzene rings is 2. The van der Waals surface area contributed by atoms with Gasteiger partial charge in [-0.25, -0.2) is 14.2 Å². The number of hydrazine groups is 1. The first-order valence-electron chi connectivity index (χ1n) is 11.2. The second kappa shape index (κ2) is 10.8. The summed E-state index contributed by atoms with van der Waals surface area (Å²) >= 11 is 0. The number of halogens is 3. The van der Waals surface area contributed by atoms with Crippen LogP contribution in [0.1, 0.15) is 5.56 Å². The van der Waals surface area contributed by atoms with Crippen LogP contribution in [0.2, 0.25) is 0 Å². The molecule has 2 aliphatic rings. The van der Waals surface area contributed by atoms with E-state index in [1.165, 1.54) is 11.0 Å². The lowest BCUT2D eigenvalue weighted by Crippen LogP contribution is -2.38. The molecule has 0 aliphatic carbocycles. The Labute approximate surface area is 200 Å². The number of cyclic esters (lactones) is 1. The summed E-state index contributed by atoms with van der Waals surface area (Å²) in [4.78, 5) is 26.4. The highest BCUT2D eigenvalue weighted by Gasteiger charge is 2.33. The van der Waals surface area contributed by atoms with E-state index in [0.717, 1.165) is 5.56 Å². The van der Waals surface area contributed by atoms with E-state index in [1.807, 2.05) is 34.5 Å². The van der Waals surface area contributed by atoms with Gasteiger partial charge in [-0.3, -0.25) is 15.1 Å². The highest BCUT2D eigenvalue weighted by atomic mass is 19.3. The van der Waals surface area contributed by atoms with E-state index in [4.69, 9.17) is 10.5 Å². The molecule has 2 aromatic rings. The van der Waals surface area contributed by atoms with Crippen LogP contribution in [0, 0.1) is 5.82 Å². The largest absolute Gasteiger partial charge is 0.442 e. The van der Waals surface area contributed by atoms with Gasteiger partial charge in [0.15, 0.2) is 0 Å². The summed E-state index contributed by atoms with van der Waals surface area (Å²) in [5.74, 6) is -1.93. The van der Waals surface area contributed by atoms with Crippen LogP contribution in [0.4, 0.5) is 35.0 Å². The molecular weight excluding hydrogens is 465 g/mol. The van der Waals surface area contributed by atoms with Crippen molar-refractivity contribution in [3.8, 4) is 0 Å². The van der Waals surface area contributed by atoms with Crippen molar-refractivity contribution in [3.63, 3.8) is 0 Å². The van der Waals surface area contributed by atoms with Crippen LogP contribution in [0.15, 0.2) is 42.5 Å². The molecule has 0 bridgehead atoms. The lowest BCUT2D eigenvalue weighted by atomic mass is 10.2. The zero-order valence-corrected chi connectivity index (χ0v) is 18.9. The Morgan fingerprint density at radius 2 is 2.03 bits per heavy atom. The smallest absolute Gasteiger partial charge is 0.414 e. The number of carbonyl (C=O) groups is 2. The van der Waals surface area contributed by atoms with Gasteiger partial charge in [0.1, 0.15) is 11.9 Å². The second-order valence-corrected chi connectivity index (χ2v) is 8.36. The van der Waals surface area contributed by atoms with E-state index in [1.54, 1.807) is 12.1 Å². The minimum atomic E-state index is -3.15. The van der Waals surface area contributed by atoms with Crippen LogP contribution in [0.3, 0.4) is 0 Å². The molecule has 9 nitrogen and oxygen atoms in total. The number of amides is 2. The predicted octanol–water partition coefficient (Wildman–Crippen LogP) is 1.94. The van der Waals surface area contributed by atoms with Crippen molar-refractivity contribution in [1.82, 2.24) is 15.8 Å². The van der Waals surface area contributed by atoms with Gasteiger partial charge in [0, 0.05) is 38.4 Å². The number of alkyl halides is 2. The Bertz CT molecular complexity index is 1070. The summed E-state index contributed by atoms with van der Waals surface area (Å²) in [5.41, 5.74) is 11.7. The van der Waals surface area contributed by atoms with Crippen LogP contribution < -0.4 is 26.3 Å². The molecule has 0 unspecified atom stereocenters. The quantitative estimate of drug-likeness (QED) is 0.508. The molecule has 4 rings (SSSR count). The van der Waals surface area contributed by atoms with Crippen LogP contribution in [-0.2, 0) is 16.1 Å². The maximum Gasteiger partial charge on any atom is 0.414 e. The topological polar surface area (TPSA) is 103 Å². The Kier molecular flexibility index (Phi) is 7.61. The summed E-state index contributed by atoms with van der Waals surface area (Å²) in [5, 5.41) is 4.08. The third-order valence-corrected chi connectivity index (χ3v) is 5.84. The van der Waals surface area contributed by atoms with Gasteiger partial charge in [-0.05, 0) is 35.9 Å². The fraction of sp³-hybridized carbons (Fsp3) is 0.391. The van der Waals surface area contributed by atoms with E-state index in [2.05, 4.69) is 10.4 Å². The molecule has 2 heterocycles. The van der Waals surface area contributed by atoms with Crippen molar-refractivity contribution >= 4 is 29.1 Å². The maximum absolute atomic E-state index is 15.1. The standard InChI is InChI=1S/C23H27F3N6O3/c24-19-11-17(32-14-18(35-23(32)34)12-28-22(33)21(25)26)4-5-20(19)30-7-6-29-31(9-8-30)13-15-2-1-3-16(27)10-15/h1-5,10-11,18,21,29H,6-9,12-14,27H2,(H,28,33)/t18-/m0/s1. The van der Waals surface area contributed by atoms with E-state index in [9.17, 15) is 18.4 Å². The molecular formula is C23H27F3N6O3. The molecule has 0 spiro atoms. The summed E-state index contributed by atoms with van der Waals surface area (Å²) < 4.78 is 44.8. The Morgan fingerprint density at radius 1 is 1.20 bits per heavy atom. The number of nitrogens with two attached hydrogens (primary N) is 1. The number of ether oxygens (including phenoxy) is 1. The Balaban J connectivity index is 1.35. The number of hydrogen-bond donors (Lipinski definition) is 3. The van der Waals surface area contributed by atoms with Crippen molar-refractivity contribution in [2.45, 2.75) is 19.1 Å². The monoisotopic (exact) mass is 492 g/mol. The van der Waals surface area contributed by atoms with Gasteiger partial charge in [0.25, 0.3) is 5.91 Å². The first-order chi connectivity index (χ1) is 16.8. The van der Waals surface area contributed by atoms with Crippen LogP contribution >= 0.6 is 0 Å². The molecule has 2 fully saturated rings. The second-order valence-electron chi connectivity index (χ2n) is 8.36. The average Bonchev–Trinajstić information content (AvgIpc) is 3.04. The highest BCUT2D eigenvalue weighted by molar-refractivity contribution is 5.90. The summed E-state index contributed by atoms with van der Waals surface area (Å²) in [6, 6.07) is 12.1. The van der Waals surface area contributed by atoms with E-state index < -0.39 is 30.3 Å². The minimum Gasteiger partial charge on any atom is -0.442 e. The SMILES string of the molecule is Nc1cccc(CN2CCN(c3ccc(N4C[C@H](CNC(=O)C(F)F)OC4=O)cc3F)CCN2)c1. The number of anilines is 3. The maximum atomic E-state index is 15.1. The summed E-state index contributed by atoms with van der Waals surface area (Å²) in [6.07, 6.45) is -4.69. The van der Waals surface area contributed by atoms with E-state index in [-0.39, 0.29) is 18.8 Å². The fourth-order valence-corrected chi connectivity index (χ4v) is 4.11. The third-order valence-electron chi connectivity index (χ3n) is 5.84. The number of carbonyl (C=O) groups excluding carboxylic acids is 2. The number of nitrogens with one attached hydrogen (secondary N) is 2. The number of nitrogen functional groups attached to an aromatic ring is 1. The van der Waals surface area contributed by atoms with Crippen molar-refractivity contribution in [3.05, 3.63) is 53.8 Å². The Hall–Kier alpha value is -3.51. The molecule has 35 heavy (non-hydrogen) atoms. The van der Waals surface area contributed by atoms with Crippen LogP contribution in [-0.4, -0.2) is 68.8 Å². The third kappa shape index (κ3) is 6.14. The van der Waals surface area contributed by atoms with E-state index in [0.29, 0.717) is 44.1 Å². The van der Waals surface area contributed by atoms with Crippen molar-refractivity contribution in [2.75, 3.05) is 54.8 Å². The molecule has 4 N–H and O–H groups in total. The molecule has 188 valence electrons. The zero-order chi connectivity index (χ0) is 24.9. The summed E-state index contributed by atoms with van der Waals surface area (Å²) in [7, 11) is 0.